The normalized spacial score (nSPS) is 26.7. The van der Waals surface area contributed by atoms with Crippen molar-refractivity contribution in [3.8, 4) is 0 Å². The maximum Gasteiger partial charge on any atom is 0.255 e. The molecule has 0 unspecified atom stereocenters. The Kier molecular flexibility index (Phi) is 5.20. The van der Waals surface area contributed by atoms with E-state index in [1.54, 1.807) is 16.7 Å². The third-order valence-corrected chi connectivity index (χ3v) is 7.10. The molecule has 26 heavy (non-hydrogen) atoms. The summed E-state index contributed by atoms with van der Waals surface area (Å²) < 4.78 is 13.3. The van der Waals surface area contributed by atoms with Gasteiger partial charge in [0, 0.05) is 17.4 Å². The first-order valence-electron chi connectivity index (χ1n) is 9.63. The molecule has 1 aromatic rings. The summed E-state index contributed by atoms with van der Waals surface area (Å²) in [5.74, 6) is 0.545. The Morgan fingerprint density at radius 1 is 1.04 bits per heavy atom. The molecule has 2 saturated carbocycles. The monoisotopic (exact) mass is 376 g/mol. The van der Waals surface area contributed by atoms with Gasteiger partial charge in [0.05, 0.1) is 5.37 Å². The number of carbonyl (C=O) groups is 2. The molecule has 1 aromatic carbocycles. The Morgan fingerprint density at radius 2 is 1.73 bits per heavy atom. The highest BCUT2D eigenvalue weighted by molar-refractivity contribution is 8.00. The molecule has 2 atom stereocenters. The van der Waals surface area contributed by atoms with Gasteiger partial charge in [-0.25, -0.2) is 4.39 Å². The lowest BCUT2D eigenvalue weighted by atomic mass is 9.88. The average molecular weight is 376 g/mol. The standard InChI is InChI=1S/C20H25FN2O2S/c21-15-8-6-13(7-9-15)19(25)23-17(18(24)22-16-10-11-16)12-26-20(23)14-4-2-1-3-5-14/h6-9,14,16-17,20H,1-5,10-12H2,(H,22,24)/t17-,20-/m1/s1. The maximum atomic E-state index is 13.3. The molecule has 2 aliphatic carbocycles. The third kappa shape index (κ3) is 3.75. The van der Waals surface area contributed by atoms with Gasteiger partial charge in [-0.3, -0.25) is 9.59 Å². The van der Waals surface area contributed by atoms with Gasteiger partial charge < -0.3 is 10.2 Å². The predicted octanol–water partition coefficient (Wildman–Crippen LogP) is 3.57. The summed E-state index contributed by atoms with van der Waals surface area (Å²) in [4.78, 5) is 27.8. The zero-order chi connectivity index (χ0) is 18.1. The van der Waals surface area contributed by atoms with Crippen LogP contribution in [0.3, 0.4) is 0 Å². The van der Waals surface area contributed by atoms with Crippen molar-refractivity contribution >= 4 is 23.6 Å². The molecule has 140 valence electrons. The minimum Gasteiger partial charge on any atom is -0.352 e. The third-order valence-electron chi connectivity index (χ3n) is 5.64. The molecule has 4 rings (SSSR count). The molecule has 6 heteroatoms. The second-order valence-electron chi connectivity index (χ2n) is 7.64. The van der Waals surface area contributed by atoms with Crippen molar-refractivity contribution in [1.82, 2.24) is 10.2 Å². The van der Waals surface area contributed by atoms with E-state index in [1.807, 2.05) is 0 Å². The molecule has 1 aliphatic heterocycles. The van der Waals surface area contributed by atoms with Crippen molar-refractivity contribution in [2.75, 3.05) is 5.75 Å². The van der Waals surface area contributed by atoms with E-state index in [9.17, 15) is 14.0 Å². The Morgan fingerprint density at radius 3 is 2.38 bits per heavy atom. The number of thioether (sulfide) groups is 1. The number of nitrogens with one attached hydrogen (secondary N) is 1. The fraction of sp³-hybridized carbons (Fsp3) is 0.600. The summed E-state index contributed by atoms with van der Waals surface area (Å²) in [5, 5.41) is 3.10. The van der Waals surface area contributed by atoms with E-state index in [1.165, 1.54) is 43.5 Å². The van der Waals surface area contributed by atoms with Crippen molar-refractivity contribution in [2.24, 2.45) is 5.92 Å². The Hall–Kier alpha value is -1.56. The van der Waals surface area contributed by atoms with Crippen LogP contribution in [0.25, 0.3) is 0 Å². The van der Waals surface area contributed by atoms with Crippen molar-refractivity contribution in [3.05, 3.63) is 35.6 Å². The topological polar surface area (TPSA) is 49.4 Å². The van der Waals surface area contributed by atoms with Crippen LogP contribution in [0.15, 0.2) is 24.3 Å². The van der Waals surface area contributed by atoms with Crippen LogP contribution in [-0.2, 0) is 4.79 Å². The number of rotatable bonds is 4. The molecule has 0 radical (unpaired) electrons. The van der Waals surface area contributed by atoms with Gasteiger partial charge in [0.15, 0.2) is 0 Å². The van der Waals surface area contributed by atoms with E-state index >= 15 is 0 Å². The predicted molar refractivity (Wildman–Crippen MR) is 100 cm³/mol. The first kappa shape index (κ1) is 17.8. The van der Waals surface area contributed by atoms with Crippen LogP contribution in [0.1, 0.15) is 55.3 Å². The van der Waals surface area contributed by atoms with Gasteiger partial charge in [0.2, 0.25) is 5.91 Å². The van der Waals surface area contributed by atoms with E-state index in [-0.39, 0.29) is 29.0 Å². The fourth-order valence-electron chi connectivity index (χ4n) is 4.04. The van der Waals surface area contributed by atoms with Crippen molar-refractivity contribution in [3.63, 3.8) is 0 Å². The smallest absolute Gasteiger partial charge is 0.255 e. The molecule has 0 spiro atoms. The van der Waals surface area contributed by atoms with E-state index in [2.05, 4.69) is 5.32 Å². The summed E-state index contributed by atoms with van der Waals surface area (Å²) >= 11 is 1.74. The maximum absolute atomic E-state index is 13.3. The quantitative estimate of drug-likeness (QED) is 0.874. The molecule has 0 aromatic heterocycles. The minimum absolute atomic E-state index is 0.0335. The van der Waals surface area contributed by atoms with Gasteiger partial charge in [-0.1, -0.05) is 19.3 Å². The van der Waals surface area contributed by atoms with Crippen LogP contribution in [0.5, 0.6) is 0 Å². The number of benzene rings is 1. The molecule has 1 saturated heterocycles. The summed E-state index contributed by atoms with van der Waals surface area (Å²) in [6, 6.07) is 5.52. The fourth-order valence-corrected chi connectivity index (χ4v) is 5.67. The van der Waals surface area contributed by atoms with Gasteiger partial charge in [0.25, 0.3) is 5.91 Å². The number of carbonyl (C=O) groups excluding carboxylic acids is 2. The first-order valence-corrected chi connectivity index (χ1v) is 10.7. The number of hydrogen-bond donors (Lipinski definition) is 1. The lowest BCUT2D eigenvalue weighted by Crippen LogP contribution is -2.51. The van der Waals surface area contributed by atoms with Crippen molar-refractivity contribution < 1.29 is 14.0 Å². The van der Waals surface area contributed by atoms with Crippen LogP contribution in [-0.4, -0.2) is 39.9 Å². The van der Waals surface area contributed by atoms with Crippen molar-refractivity contribution in [2.45, 2.75) is 62.4 Å². The number of amides is 2. The lowest BCUT2D eigenvalue weighted by molar-refractivity contribution is -0.125. The number of halogens is 1. The van der Waals surface area contributed by atoms with Crippen LogP contribution >= 0.6 is 11.8 Å². The van der Waals surface area contributed by atoms with Gasteiger partial charge in [-0.2, -0.15) is 0 Å². The molecule has 1 N–H and O–H groups in total. The summed E-state index contributed by atoms with van der Waals surface area (Å²) in [5.41, 5.74) is 0.457. The van der Waals surface area contributed by atoms with Gasteiger partial charge in [-0.15, -0.1) is 11.8 Å². The van der Waals surface area contributed by atoms with Crippen LogP contribution < -0.4 is 5.32 Å². The highest BCUT2D eigenvalue weighted by Gasteiger charge is 2.45. The number of hydrogen-bond acceptors (Lipinski definition) is 3. The van der Waals surface area contributed by atoms with E-state index in [0.29, 0.717) is 17.2 Å². The molecular weight excluding hydrogens is 351 g/mol. The zero-order valence-corrected chi connectivity index (χ0v) is 15.6. The number of nitrogens with zero attached hydrogens (tertiary/aromatic N) is 1. The van der Waals surface area contributed by atoms with Crippen LogP contribution in [0.2, 0.25) is 0 Å². The second kappa shape index (κ2) is 7.59. The SMILES string of the molecule is O=C(NC1CC1)[C@H]1CS[C@H](C2CCCCC2)N1C(=O)c1ccc(F)cc1. The molecule has 3 aliphatic rings. The van der Waals surface area contributed by atoms with E-state index < -0.39 is 6.04 Å². The van der Waals surface area contributed by atoms with E-state index in [4.69, 9.17) is 0 Å². The van der Waals surface area contributed by atoms with Crippen molar-refractivity contribution in [1.29, 1.82) is 0 Å². The van der Waals surface area contributed by atoms with Crippen LogP contribution in [0, 0.1) is 11.7 Å². The average Bonchev–Trinajstić information content (AvgIpc) is 3.36. The largest absolute Gasteiger partial charge is 0.352 e. The van der Waals surface area contributed by atoms with Gasteiger partial charge >= 0.3 is 0 Å². The Balaban J connectivity index is 1.58. The van der Waals surface area contributed by atoms with E-state index in [0.717, 1.165) is 25.7 Å². The molecule has 2 amide bonds. The second-order valence-corrected chi connectivity index (χ2v) is 8.79. The summed E-state index contributed by atoms with van der Waals surface area (Å²) in [7, 11) is 0. The van der Waals surface area contributed by atoms with Crippen LogP contribution in [0.4, 0.5) is 4.39 Å². The minimum atomic E-state index is -0.426. The molecule has 1 heterocycles. The van der Waals surface area contributed by atoms with Gasteiger partial charge in [0.1, 0.15) is 11.9 Å². The lowest BCUT2D eigenvalue weighted by Gasteiger charge is -2.35. The molecule has 4 nitrogen and oxygen atoms in total. The summed E-state index contributed by atoms with van der Waals surface area (Å²) in [6.07, 6.45) is 7.93. The summed E-state index contributed by atoms with van der Waals surface area (Å²) in [6.45, 7) is 0. The Labute approximate surface area is 157 Å². The zero-order valence-electron chi connectivity index (χ0n) is 14.8. The highest BCUT2D eigenvalue weighted by Crippen LogP contribution is 2.41. The van der Waals surface area contributed by atoms with Gasteiger partial charge in [-0.05, 0) is 55.9 Å². The molecule has 3 fully saturated rings. The molecular formula is C20H25FN2O2S. The molecule has 0 bridgehead atoms. The first-order chi connectivity index (χ1) is 12.6. The Bertz CT molecular complexity index is 671. The highest BCUT2D eigenvalue weighted by atomic mass is 32.2.